The molecule has 6 rings (SSSR count). The highest BCUT2D eigenvalue weighted by molar-refractivity contribution is 5.96. The summed E-state index contributed by atoms with van der Waals surface area (Å²) in [6, 6.07) is 0. The molecular formula is C32H44O5. The average molecular weight is 509 g/mol. The molecule has 5 nitrogen and oxygen atoms in total. The molecule has 0 aromatic carbocycles. The predicted molar refractivity (Wildman–Crippen MR) is 140 cm³/mol. The molecule has 6 aliphatic rings. The van der Waals surface area contributed by atoms with E-state index in [9.17, 15) is 14.4 Å². The molecule has 0 radical (unpaired) electrons. The van der Waals surface area contributed by atoms with Crippen molar-refractivity contribution in [2.24, 2.45) is 57.2 Å². The van der Waals surface area contributed by atoms with Crippen molar-refractivity contribution in [3.63, 3.8) is 0 Å². The molecule has 11 atom stereocenters. The van der Waals surface area contributed by atoms with Gasteiger partial charge < -0.3 is 9.47 Å². The Labute approximate surface area is 221 Å². The third kappa shape index (κ3) is 3.00. The predicted octanol–water partition coefficient (Wildman–Crippen LogP) is 6.07. The lowest BCUT2D eigenvalue weighted by Crippen LogP contribution is -2.55. The van der Waals surface area contributed by atoms with E-state index >= 15 is 0 Å². The number of esters is 1. The molecule has 4 saturated carbocycles. The number of ketones is 2. The van der Waals surface area contributed by atoms with Gasteiger partial charge in [0.2, 0.25) is 5.78 Å². The summed E-state index contributed by atoms with van der Waals surface area (Å²) < 4.78 is 12.0. The van der Waals surface area contributed by atoms with Crippen LogP contribution in [0.25, 0.3) is 0 Å². The number of fused-ring (bicyclic) bond motifs is 2. The lowest BCUT2D eigenvalue weighted by Gasteiger charge is -2.60. The van der Waals surface area contributed by atoms with E-state index in [0.29, 0.717) is 30.0 Å². The van der Waals surface area contributed by atoms with Gasteiger partial charge in [-0.3, -0.25) is 14.4 Å². The molecule has 202 valence electrons. The Balaban J connectivity index is 1.38. The highest BCUT2D eigenvalue weighted by Gasteiger charge is 2.81. The van der Waals surface area contributed by atoms with Crippen LogP contribution in [0, 0.1) is 57.2 Å². The van der Waals surface area contributed by atoms with Gasteiger partial charge in [-0.05, 0) is 90.6 Å². The van der Waals surface area contributed by atoms with Crippen LogP contribution in [0.4, 0.5) is 0 Å². The molecular weight excluding hydrogens is 464 g/mol. The van der Waals surface area contributed by atoms with Crippen molar-refractivity contribution >= 4 is 17.5 Å². The standard InChI is InChI=1S/C32H44O5/c1-17-15-36-28(18(17)2)27(35)20(4)26-24(37-21(5)33)14-30(7)25-9-8-22-19(3)23(34)10-11-31(22)16-32(25,31)13-12-29(26,30)6/h10-11,17,19-20,22,24-26H,8-9,12-16H2,1-7H3/t17?,19-,20-,22?,24-,25?,26-,29+,30-,31+,32-/m0/s1. The fourth-order valence-electron chi connectivity index (χ4n) is 10.9. The molecule has 1 aliphatic heterocycles. The fourth-order valence-corrected chi connectivity index (χ4v) is 10.9. The van der Waals surface area contributed by atoms with Crippen molar-refractivity contribution in [2.45, 2.75) is 93.1 Å². The molecule has 0 aromatic rings. The quantitative estimate of drug-likeness (QED) is 0.431. The first-order valence-corrected chi connectivity index (χ1v) is 14.6. The van der Waals surface area contributed by atoms with Gasteiger partial charge in [-0.1, -0.05) is 40.7 Å². The largest absolute Gasteiger partial charge is 0.489 e. The first kappa shape index (κ1) is 25.4. The summed E-state index contributed by atoms with van der Waals surface area (Å²) in [4.78, 5) is 38.8. The summed E-state index contributed by atoms with van der Waals surface area (Å²) >= 11 is 0. The van der Waals surface area contributed by atoms with Gasteiger partial charge in [0.25, 0.3) is 0 Å². The van der Waals surface area contributed by atoms with Gasteiger partial charge in [0.15, 0.2) is 11.5 Å². The number of Topliss-reactive ketones (excluding diaryl/α,β-unsaturated/α-hetero) is 1. The normalized spacial score (nSPS) is 50.4. The second kappa shape index (κ2) is 7.82. The minimum absolute atomic E-state index is 0.0369. The molecule has 2 spiro atoms. The van der Waals surface area contributed by atoms with Crippen molar-refractivity contribution in [3.05, 3.63) is 23.5 Å². The summed E-state index contributed by atoms with van der Waals surface area (Å²) in [5.74, 6) is 1.65. The van der Waals surface area contributed by atoms with Crippen molar-refractivity contribution in [2.75, 3.05) is 6.61 Å². The van der Waals surface area contributed by atoms with Crippen molar-refractivity contribution in [1.82, 2.24) is 0 Å². The summed E-state index contributed by atoms with van der Waals surface area (Å²) in [5, 5.41) is 0. The molecule has 0 amide bonds. The zero-order chi connectivity index (χ0) is 26.7. The SMILES string of the molecule is CC(=O)O[C@H]1C[C@@]2(C)C3CCC4[C@H](C)C(=O)C=C[C@@]45C[C@@]35CC[C@]2(C)[C@H]1[C@H](C)C(=O)C1=C(C)C(C)CO1. The number of allylic oxidation sites excluding steroid dienone is 3. The molecule has 0 aromatic heterocycles. The van der Waals surface area contributed by atoms with Crippen LogP contribution in [0.15, 0.2) is 23.5 Å². The first-order valence-electron chi connectivity index (χ1n) is 14.6. The Morgan fingerprint density at radius 3 is 2.51 bits per heavy atom. The van der Waals surface area contributed by atoms with Crippen LogP contribution in [0.2, 0.25) is 0 Å². The molecule has 3 unspecified atom stereocenters. The minimum Gasteiger partial charge on any atom is -0.489 e. The van der Waals surface area contributed by atoms with E-state index in [0.717, 1.165) is 37.7 Å². The highest BCUT2D eigenvalue weighted by Crippen LogP contribution is 2.87. The van der Waals surface area contributed by atoms with Crippen molar-refractivity contribution in [3.8, 4) is 0 Å². The van der Waals surface area contributed by atoms with Crippen LogP contribution < -0.4 is 0 Å². The van der Waals surface area contributed by atoms with Crippen molar-refractivity contribution < 1.29 is 23.9 Å². The number of carbonyl (C=O) groups excluding carboxylic acids is 3. The summed E-state index contributed by atoms with van der Waals surface area (Å²) in [6.07, 6.45) is 10.3. The van der Waals surface area contributed by atoms with E-state index in [2.05, 4.69) is 33.8 Å². The fraction of sp³-hybridized carbons (Fsp3) is 0.781. The Hall–Kier alpha value is -1.91. The van der Waals surface area contributed by atoms with E-state index in [-0.39, 0.29) is 63.2 Å². The van der Waals surface area contributed by atoms with Gasteiger partial charge in [0, 0.05) is 30.6 Å². The lowest BCUT2D eigenvalue weighted by molar-refractivity contribution is -0.153. The molecule has 37 heavy (non-hydrogen) atoms. The third-order valence-corrected chi connectivity index (χ3v) is 13.1. The maximum absolute atomic E-state index is 13.9. The van der Waals surface area contributed by atoms with Gasteiger partial charge in [-0.25, -0.2) is 0 Å². The van der Waals surface area contributed by atoms with E-state index in [1.165, 1.54) is 13.3 Å². The van der Waals surface area contributed by atoms with Gasteiger partial charge in [-0.2, -0.15) is 0 Å². The zero-order valence-corrected chi connectivity index (χ0v) is 23.7. The van der Waals surface area contributed by atoms with E-state index in [1.807, 2.05) is 19.9 Å². The van der Waals surface area contributed by atoms with Crippen LogP contribution in [0.5, 0.6) is 0 Å². The maximum atomic E-state index is 13.9. The van der Waals surface area contributed by atoms with E-state index in [1.54, 1.807) is 0 Å². The highest BCUT2D eigenvalue weighted by atomic mass is 16.5. The van der Waals surface area contributed by atoms with Gasteiger partial charge in [0.1, 0.15) is 6.10 Å². The summed E-state index contributed by atoms with van der Waals surface area (Å²) in [6.45, 7) is 15.2. The summed E-state index contributed by atoms with van der Waals surface area (Å²) in [5.41, 5.74) is 1.28. The number of carbonyl (C=O) groups is 3. The molecule has 5 heteroatoms. The minimum atomic E-state index is -0.280. The number of hydrogen-bond donors (Lipinski definition) is 0. The molecule has 5 aliphatic carbocycles. The molecule has 0 bridgehead atoms. The molecule has 1 heterocycles. The van der Waals surface area contributed by atoms with Crippen LogP contribution in [-0.4, -0.2) is 30.2 Å². The molecule has 0 N–H and O–H groups in total. The second-order valence-electron chi connectivity index (χ2n) is 14.2. The topological polar surface area (TPSA) is 69.7 Å². The Morgan fingerprint density at radius 1 is 1.14 bits per heavy atom. The first-order chi connectivity index (χ1) is 17.3. The van der Waals surface area contributed by atoms with Gasteiger partial charge >= 0.3 is 5.97 Å². The van der Waals surface area contributed by atoms with Crippen LogP contribution >= 0.6 is 0 Å². The number of ether oxygens (including phenoxy) is 2. The van der Waals surface area contributed by atoms with E-state index < -0.39 is 0 Å². The van der Waals surface area contributed by atoms with Crippen LogP contribution in [-0.2, 0) is 23.9 Å². The smallest absolute Gasteiger partial charge is 0.302 e. The van der Waals surface area contributed by atoms with Crippen LogP contribution in [0.1, 0.15) is 87.0 Å². The van der Waals surface area contributed by atoms with Crippen molar-refractivity contribution in [1.29, 1.82) is 0 Å². The van der Waals surface area contributed by atoms with Gasteiger partial charge in [-0.15, -0.1) is 0 Å². The second-order valence-corrected chi connectivity index (χ2v) is 14.2. The Morgan fingerprint density at radius 2 is 1.86 bits per heavy atom. The maximum Gasteiger partial charge on any atom is 0.302 e. The number of hydrogen-bond acceptors (Lipinski definition) is 5. The molecule has 0 saturated heterocycles. The van der Waals surface area contributed by atoms with E-state index in [4.69, 9.17) is 9.47 Å². The Bertz CT molecular complexity index is 1130. The lowest BCUT2D eigenvalue weighted by atomic mass is 9.43. The Kier molecular flexibility index (Phi) is 5.36. The monoisotopic (exact) mass is 508 g/mol. The third-order valence-electron chi connectivity index (χ3n) is 13.1. The van der Waals surface area contributed by atoms with Crippen LogP contribution in [0.3, 0.4) is 0 Å². The molecule has 4 fully saturated rings. The summed E-state index contributed by atoms with van der Waals surface area (Å²) in [7, 11) is 0. The number of rotatable bonds is 4. The van der Waals surface area contributed by atoms with Gasteiger partial charge in [0.05, 0.1) is 6.61 Å². The zero-order valence-electron chi connectivity index (χ0n) is 23.7. The average Bonchev–Trinajstić information content (AvgIpc) is 3.31.